The van der Waals surface area contributed by atoms with E-state index in [0.29, 0.717) is 38.4 Å². The first-order valence-electron chi connectivity index (χ1n) is 21.8. The zero-order valence-corrected chi connectivity index (χ0v) is 37.4. The molecule has 0 unspecified atom stereocenters. The number of Topliss-reactive ketones (excluding diaryl/α,β-unsaturated/α-hetero) is 1. The van der Waals surface area contributed by atoms with Gasteiger partial charge in [-0.3, -0.25) is 19.3 Å². The van der Waals surface area contributed by atoms with Gasteiger partial charge < -0.3 is 49.6 Å². The van der Waals surface area contributed by atoms with Gasteiger partial charge in [-0.25, -0.2) is 4.98 Å². The lowest BCUT2D eigenvalue weighted by atomic mass is 9.72. The molecule has 1 fully saturated rings. The largest absolute Gasteiger partial charge is 0.507 e. The maximum Gasteiger partial charge on any atom is 0.312 e. The number of phenols is 2. The number of amides is 1. The van der Waals surface area contributed by atoms with Crippen LogP contribution in [-0.2, 0) is 9.53 Å². The number of fused-ring (bicyclic) bond motifs is 14. The van der Waals surface area contributed by atoms with E-state index in [2.05, 4.69) is 24.1 Å². The minimum absolute atomic E-state index is 0.00331. The fourth-order valence-corrected chi connectivity index (χ4v) is 9.18. The fourth-order valence-electron chi connectivity index (χ4n) is 9.18. The molecule has 338 valence electrons. The number of carbonyl (C=O) groups excluding carboxylic acids is 2. The normalized spacial score (nSPS) is 30.9. The molecule has 0 saturated carbocycles. The summed E-state index contributed by atoms with van der Waals surface area (Å²) in [6, 6.07) is 3.23. The molecule has 15 heteroatoms. The van der Waals surface area contributed by atoms with Gasteiger partial charge in [0.2, 0.25) is 5.43 Å². The lowest BCUT2D eigenvalue weighted by molar-refractivity contribution is -0.112. The van der Waals surface area contributed by atoms with E-state index < -0.39 is 52.7 Å². The fraction of sp³-hybridized carbons (Fsp3) is 0.500. The number of carbonyl (C=O) groups is 2. The molecule has 0 aromatic heterocycles. The number of anilines is 2. The Bertz CT molecular complexity index is 2560. The average Bonchev–Trinajstić information content (AvgIpc) is 3.53. The van der Waals surface area contributed by atoms with Crippen molar-refractivity contribution in [1.29, 1.82) is 0 Å². The van der Waals surface area contributed by atoms with Crippen LogP contribution in [0, 0.1) is 42.4 Å². The summed E-state index contributed by atoms with van der Waals surface area (Å²) in [5.41, 5.74) is -0.423. The average molecular weight is 869 g/mol. The highest BCUT2D eigenvalue weighted by Gasteiger charge is 2.50. The number of aliphatic hydroxyl groups is 3. The Kier molecular flexibility index (Phi) is 12.7. The molecule has 8 rings (SSSR count). The standard InChI is InChI=1S/C48H60N4O11/c1-23-13-20-61-48(9)46(59)36-34-35(42(57)30(8)44(36)63-48)43(58)39(50-47(60)25(3)12-10-11-24(2)40(55)29(7)41(56)28(6)27(5)26(23)4)45-38(34)49-37-32(54)21-31(22-33(37)62-45)52-16-14-51(15-17-52)18-19-53/h10-13,20-24,26-29,40-41,53-57H,14-19H2,1-9H3,(H,50,60)/b11-10+,20-13+,25-12-/t23-,24-,26+,27+,28-,29+,40-,41-,48-/m0/s1. The number of hydrogen-bond donors (Lipinski definition) is 6. The maximum absolute atomic E-state index is 14.8. The summed E-state index contributed by atoms with van der Waals surface area (Å²) in [4.78, 5) is 52.4. The van der Waals surface area contributed by atoms with Crippen molar-refractivity contribution in [2.45, 2.75) is 80.3 Å². The number of ether oxygens (including phenoxy) is 2. The van der Waals surface area contributed by atoms with E-state index in [0.717, 1.165) is 0 Å². The molecular formula is C48H60N4O11. The van der Waals surface area contributed by atoms with Crippen LogP contribution in [0.3, 0.4) is 0 Å². The summed E-state index contributed by atoms with van der Waals surface area (Å²) >= 11 is 0. The molecule has 1 saturated heterocycles. The van der Waals surface area contributed by atoms with E-state index in [-0.39, 0.29) is 97.5 Å². The molecule has 6 aliphatic rings. The number of hydrogen-bond acceptors (Lipinski definition) is 14. The number of aromatic nitrogens is 1. The summed E-state index contributed by atoms with van der Waals surface area (Å²) in [6.45, 7) is 19.4. The maximum atomic E-state index is 14.8. The second kappa shape index (κ2) is 17.6. The lowest BCUT2D eigenvalue weighted by Crippen LogP contribution is -2.47. The molecule has 1 aliphatic carbocycles. The van der Waals surface area contributed by atoms with Crippen LogP contribution >= 0.6 is 0 Å². The zero-order chi connectivity index (χ0) is 45.8. The number of benzene rings is 3. The summed E-state index contributed by atoms with van der Waals surface area (Å²) in [7, 11) is 0. The molecule has 0 spiro atoms. The Morgan fingerprint density at radius 2 is 1.57 bits per heavy atom. The van der Waals surface area contributed by atoms with Gasteiger partial charge in [0, 0.05) is 85.8 Å². The van der Waals surface area contributed by atoms with Gasteiger partial charge in [0.25, 0.3) is 11.7 Å². The zero-order valence-electron chi connectivity index (χ0n) is 37.4. The van der Waals surface area contributed by atoms with Crippen LogP contribution in [0.5, 0.6) is 17.2 Å². The van der Waals surface area contributed by atoms with E-state index in [1.54, 1.807) is 31.2 Å². The smallest absolute Gasteiger partial charge is 0.312 e. The first-order chi connectivity index (χ1) is 29.8. The Hall–Kier alpha value is -5.48. The molecule has 5 bridgehead atoms. The Morgan fingerprint density at radius 1 is 0.873 bits per heavy atom. The number of phenolic OH excluding ortho intramolecular Hbond substituents is 2. The number of β-amino-alcohol motifs (C(OH)–C–C–N with tert-alkyl or cyclic N) is 1. The van der Waals surface area contributed by atoms with Crippen LogP contribution in [0.1, 0.15) is 71.3 Å². The number of ketones is 1. The van der Waals surface area contributed by atoms with E-state index >= 15 is 0 Å². The SMILES string of the molecule is C/C1=C/C=C/[C@H](C)[C@H](O)[C@@H](C)[C@@H](O)[C@@H](C)[C@H](C)[C@H](C)[C@@H](C)/C=C/O[C@@]2(C)Oc3c(C)c(O)c4c(=O)c(c5oc6cc(N7CCN(CCO)CC7)cc(O)c6nc-5c4c3C2=O)NC1=O. The van der Waals surface area contributed by atoms with Gasteiger partial charge in [0.1, 0.15) is 34.1 Å². The third-order valence-corrected chi connectivity index (χ3v) is 14.0. The van der Waals surface area contributed by atoms with Crippen molar-refractivity contribution in [2.24, 2.45) is 35.5 Å². The predicted molar refractivity (Wildman–Crippen MR) is 240 cm³/mol. The first kappa shape index (κ1) is 45.5. The van der Waals surface area contributed by atoms with Crippen LogP contribution in [0.15, 0.2) is 57.5 Å². The second-order valence-electron chi connectivity index (χ2n) is 18.0. The molecule has 5 aliphatic heterocycles. The highest BCUT2D eigenvalue weighted by molar-refractivity contribution is 6.22. The number of rotatable bonds is 3. The molecule has 2 aromatic carbocycles. The van der Waals surface area contributed by atoms with Crippen LogP contribution < -0.4 is 20.4 Å². The van der Waals surface area contributed by atoms with E-state index in [1.807, 2.05) is 38.7 Å². The Labute approximate surface area is 366 Å². The summed E-state index contributed by atoms with van der Waals surface area (Å²) < 4.78 is 18.8. The summed E-state index contributed by atoms with van der Waals surface area (Å²) in [5, 5.41) is 57.8. The number of piperazine rings is 1. The van der Waals surface area contributed by atoms with E-state index in [9.17, 15) is 39.9 Å². The van der Waals surface area contributed by atoms with Crippen LogP contribution in [0.25, 0.3) is 33.3 Å². The van der Waals surface area contributed by atoms with Crippen molar-refractivity contribution < 1.29 is 49.0 Å². The number of aromatic hydroxyl groups is 2. The Balaban J connectivity index is 1.43. The van der Waals surface area contributed by atoms with Crippen molar-refractivity contribution in [1.82, 2.24) is 9.88 Å². The molecule has 2 aromatic rings. The molecule has 0 radical (unpaired) electrons. The topological polar surface area (TPSA) is 215 Å². The van der Waals surface area contributed by atoms with E-state index in [1.165, 1.54) is 26.2 Å². The van der Waals surface area contributed by atoms with Crippen molar-refractivity contribution in [3.8, 4) is 28.7 Å². The number of nitrogens with one attached hydrogen (secondary N) is 1. The highest BCUT2D eigenvalue weighted by atomic mass is 16.7. The number of allylic oxidation sites excluding steroid dienone is 3. The van der Waals surface area contributed by atoms with Gasteiger partial charge in [-0.15, -0.1) is 0 Å². The minimum Gasteiger partial charge on any atom is -0.507 e. The molecule has 15 nitrogen and oxygen atoms in total. The van der Waals surface area contributed by atoms with Gasteiger partial charge in [-0.1, -0.05) is 59.8 Å². The number of nitrogens with zero attached hydrogens (tertiary/aromatic N) is 3. The lowest BCUT2D eigenvalue weighted by Gasteiger charge is -2.36. The Morgan fingerprint density at radius 3 is 2.25 bits per heavy atom. The summed E-state index contributed by atoms with van der Waals surface area (Å²) in [5.74, 6) is -5.40. The highest BCUT2D eigenvalue weighted by Crippen LogP contribution is 2.51. The van der Waals surface area contributed by atoms with Gasteiger partial charge >= 0.3 is 5.79 Å². The van der Waals surface area contributed by atoms with Gasteiger partial charge in [0.15, 0.2) is 11.3 Å². The van der Waals surface area contributed by atoms with Crippen LogP contribution in [0.4, 0.5) is 11.4 Å². The molecular weight excluding hydrogens is 809 g/mol. The monoisotopic (exact) mass is 868 g/mol. The molecule has 9 atom stereocenters. The predicted octanol–water partition coefficient (Wildman–Crippen LogP) is 6.09. The van der Waals surface area contributed by atoms with Crippen LogP contribution in [-0.4, -0.2) is 104 Å². The third kappa shape index (κ3) is 8.16. The quantitative estimate of drug-likeness (QED) is 0.102. The van der Waals surface area contributed by atoms with Crippen molar-refractivity contribution in [3.05, 3.63) is 69.6 Å². The van der Waals surface area contributed by atoms with E-state index in [4.69, 9.17) is 18.9 Å². The molecule has 63 heavy (non-hydrogen) atoms. The summed E-state index contributed by atoms with van der Waals surface area (Å²) in [6.07, 6.45) is 6.40. The first-order valence-corrected chi connectivity index (χ1v) is 21.8. The van der Waals surface area contributed by atoms with Crippen molar-refractivity contribution in [2.75, 3.05) is 49.5 Å². The van der Waals surface area contributed by atoms with Crippen molar-refractivity contribution in [3.63, 3.8) is 0 Å². The molecule has 6 N–H and O–H groups in total. The van der Waals surface area contributed by atoms with Crippen molar-refractivity contribution >= 4 is 44.9 Å². The number of aliphatic hydroxyl groups excluding tert-OH is 3. The molecule has 5 heterocycles. The third-order valence-electron chi connectivity index (χ3n) is 14.0. The van der Waals surface area contributed by atoms with Gasteiger partial charge in [0.05, 0.1) is 36.0 Å². The molecule has 1 amide bonds. The minimum atomic E-state index is -1.94. The van der Waals surface area contributed by atoms with Crippen LogP contribution in [0.2, 0.25) is 0 Å². The second-order valence-corrected chi connectivity index (χ2v) is 18.0. The van der Waals surface area contributed by atoms with Gasteiger partial charge in [-0.2, -0.15) is 0 Å². The van der Waals surface area contributed by atoms with Gasteiger partial charge in [-0.05, 0) is 43.6 Å².